The third-order valence-electron chi connectivity index (χ3n) is 4.36. The zero-order valence-electron chi connectivity index (χ0n) is 12.9. The molecule has 0 radical (unpaired) electrons. The molecule has 1 heterocycles. The number of hydrogen-bond donors (Lipinski definition) is 1. The average Bonchev–Trinajstić information content (AvgIpc) is 2.25. The third kappa shape index (κ3) is 3.69. The van der Waals surface area contributed by atoms with Crippen LogP contribution in [0.25, 0.3) is 0 Å². The molecule has 1 N–H and O–H groups in total. The van der Waals surface area contributed by atoms with E-state index in [0.717, 1.165) is 12.5 Å². The van der Waals surface area contributed by atoms with Crippen molar-refractivity contribution in [3.05, 3.63) is 0 Å². The Kier molecular flexibility index (Phi) is 5.03. The number of rotatable bonds is 3. The molecule has 102 valence electrons. The van der Waals surface area contributed by atoms with Crippen LogP contribution in [0.3, 0.4) is 0 Å². The van der Waals surface area contributed by atoms with Gasteiger partial charge in [0.15, 0.2) is 0 Å². The molecule has 1 rings (SSSR count). The Morgan fingerprint density at radius 2 is 1.82 bits per heavy atom. The minimum Gasteiger partial charge on any atom is -0.311 e. The van der Waals surface area contributed by atoms with E-state index in [9.17, 15) is 0 Å². The Labute approximate surface area is 108 Å². The number of nitrogens with zero attached hydrogens (tertiary/aromatic N) is 1. The van der Waals surface area contributed by atoms with Crippen molar-refractivity contribution in [3.63, 3.8) is 0 Å². The van der Waals surface area contributed by atoms with E-state index >= 15 is 0 Å². The van der Waals surface area contributed by atoms with Crippen LogP contribution in [0.4, 0.5) is 0 Å². The topological polar surface area (TPSA) is 15.3 Å². The van der Waals surface area contributed by atoms with Crippen molar-refractivity contribution in [3.8, 4) is 0 Å². The standard InChI is InChI=1S/C15H32N2/c1-8-12(4)17-10-14(15(5,6)7)16-9-13(17)11(2)3/h11-14,16H,8-10H2,1-7H3. The largest absolute Gasteiger partial charge is 0.311 e. The van der Waals surface area contributed by atoms with Crippen LogP contribution in [0, 0.1) is 11.3 Å². The lowest BCUT2D eigenvalue weighted by Gasteiger charge is -2.48. The lowest BCUT2D eigenvalue weighted by Crippen LogP contribution is -2.63. The van der Waals surface area contributed by atoms with Gasteiger partial charge in [0.05, 0.1) is 0 Å². The van der Waals surface area contributed by atoms with E-state index in [4.69, 9.17) is 0 Å². The van der Waals surface area contributed by atoms with Gasteiger partial charge in [-0.2, -0.15) is 0 Å². The Morgan fingerprint density at radius 1 is 1.24 bits per heavy atom. The number of hydrogen-bond acceptors (Lipinski definition) is 2. The first-order valence-corrected chi connectivity index (χ1v) is 7.26. The van der Waals surface area contributed by atoms with Crippen LogP contribution in [0.2, 0.25) is 0 Å². The van der Waals surface area contributed by atoms with Crippen LogP contribution in [0.15, 0.2) is 0 Å². The normalized spacial score (nSPS) is 29.6. The molecule has 2 nitrogen and oxygen atoms in total. The van der Waals surface area contributed by atoms with Crippen LogP contribution in [0.1, 0.15) is 54.9 Å². The zero-order chi connectivity index (χ0) is 13.2. The van der Waals surface area contributed by atoms with Crippen LogP contribution in [-0.2, 0) is 0 Å². The minimum atomic E-state index is 0.355. The predicted molar refractivity (Wildman–Crippen MR) is 76.3 cm³/mol. The summed E-state index contributed by atoms with van der Waals surface area (Å²) in [7, 11) is 0. The Balaban J connectivity index is 2.77. The van der Waals surface area contributed by atoms with Crippen LogP contribution in [0.5, 0.6) is 0 Å². The van der Waals surface area contributed by atoms with Crippen LogP contribution < -0.4 is 5.32 Å². The highest BCUT2D eigenvalue weighted by atomic mass is 15.3. The summed E-state index contributed by atoms with van der Waals surface area (Å²) in [6, 6.07) is 2.02. The fraction of sp³-hybridized carbons (Fsp3) is 1.00. The van der Waals surface area contributed by atoms with Crippen LogP contribution in [-0.4, -0.2) is 36.1 Å². The van der Waals surface area contributed by atoms with E-state index in [1.54, 1.807) is 0 Å². The molecule has 0 amide bonds. The van der Waals surface area contributed by atoms with Gasteiger partial charge in [-0.05, 0) is 24.7 Å². The number of piperazine rings is 1. The first-order chi connectivity index (χ1) is 7.77. The highest BCUT2D eigenvalue weighted by Gasteiger charge is 2.36. The fourth-order valence-corrected chi connectivity index (χ4v) is 2.73. The summed E-state index contributed by atoms with van der Waals surface area (Å²) in [4.78, 5) is 2.73. The molecule has 1 aliphatic heterocycles. The van der Waals surface area contributed by atoms with Crippen molar-refractivity contribution in [2.45, 2.75) is 73.0 Å². The summed E-state index contributed by atoms with van der Waals surface area (Å²) >= 11 is 0. The summed E-state index contributed by atoms with van der Waals surface area (Å²) in [6.07, 6.45) is 1.25. The lowest BCUT2D eigenvalue weighted by molar-refractivity contribution is 0.0334. The highest BCUT2D eigenvalue weighted by molar-refractivity contribution is 4.94. The Bertz CT molecular complexity index is 230. The van der Waals surface area contributed by atoms with E-state index < -0.39 is 0 Å². The van der Waals surface area contributed by atoms with Gasteiger partial charge in [-0.3, -0.25) is 4.90 Å². The SMILES string of the molecule is CCC(C)N1CC(C(C)(C)C)NCC1C(C)C. The maximum atomic E-state index is 3.76. The quantitative estimate of drug-likeness (QED) is 0.815. The van der Waals surface area contributed by atoms with Gasteiger partial charge in [0, 0.05) is 31.2 Å². The van der Waals surface area contributed by atoms with E-state index in [1.807, 2.05) is 0 Å². The molecule has 17 heavy (non-hydrogen) atoms. The average molecular weight is 240 g/mol. The molecule has 2 heteroatoms. The predicted octanol–water partition coefficient (Wildman–Crippen LogP) is 3.13. The third-order valence-corrected chi connectivity index (χ3v) is 4.36. The fourth-order valence-electron chi connectivity index (χ4n) is 2.73. The van der Waals surface area contributed by atoms with Gasteiger partial charge in [-0.15, -0.1) is 0 Å². The molecule has 3 unspecified atom stereocenters. The van der Waals surface area contributed by atoms with Gasteiger partial charge in [0.2, 0.25) is 0 Å². The highest BCUT2D eigenvalue weighted by Crippen LogP contribution is 2.27. The molecular formula is C15H32N2. The van der Waals surface area contributed by atoms with Gasteiger partial charge in [0.1, 0.15) is 0 Å². The molecule has 3 atom stereocenters. The van der Waals surface area contributed by atoms with Gasteiger partial charge in [-0.25, -0.2) is 0 Å². The maximum absolute atomic E-state index is 3.76. The lowest BCUT2D eigenvalue weighted by atomic mass is 9.83. The minimum absolute atomic E-state index is 0.355. The first kappa shape index (κ1) is 15.0. The van der Waals surface area contributed by atoms with E-state index in [0.29, 0.717) is 23.5 Å². The molecule has 0 bridgehead atoms. The molecule has 1 saturated heterocycles. The second-order valence-corrected chi connectivity index (χ2v) is 7.09. The summed E-state index contributed by atoms with van der Waals surface area (Å²) in [5, 5.41) is 3.76. The maximum Gasteiger partial charge on any atom is 0.0247 e. The van der Waals surface area contributed by atoms with Crippen molar-refractivity contribution in [1.82, 2.24) is 10.2 Å². The molecule has 0 aromatic carbocycles. The van der Waals surface area contributed by atoms with Gasteiger partial charge >= 0.3 is 0 Å². The number of nitrogens with one attached hydrogen (secondary N) is 1. The zero-order valence-corrected chi connectivity index (χ0v) is 12.9. The molecule has 1 aliphatic rings. The van der Waals surface area contributed by atoms with Crippen LogP contribution >= 0.6 is 0 Å². The molecule has 1 fully saturated rings. The molecule has 0 saturated carbocycles. The Morgan fingerprint density at radius 3 is 2.24 bits per heavy atom. The van der Waals surface area contributed by atoms with Gasteiger partial charge < -0.3 is 5.32 Å². The van der Waals surface area contributed by atoms with Crippen molar-refractivity contribution in [1.29, 1.82) is 0 Å². The first-order valence-electron chi connectivity index (χ1n) is 7.26. The van der Waals surface area contributed by atoms with Gasteiger partial charge in [-0.1, -0.05) is 41.5 Å². The summed E-state index contributed by atoms with van der Waals surface area (Å²) in [6.45, 7) is 18.7. The summed E-state index contributed by atoms with van der Waals surface area (Å²) in [5.74, 6) is 0.734. The van der Waals surface area contributed by atoms with Crippen molar-refractivity contribution in [2.75, 3.05) is 13.1 Å². The van der Waals surface area contributed by atoms with E-state index in [-0.39, 0.29) is 0 Å². The second kappa shape index (κ2) is 5.71. The monoisotopic (exact) mass is 240 g/mol. The second-order valence-electron chi connectivity index (χ2n) is 7.09. The summed E-state index contributed by atoms with van der Waals surface area (Å²) in [5.41, 5.74) is 0.355. The molecule has 0 spiro atoms. The van der Waals surface area contributed by atoms with Crippen molar-refractivity contribution in [2.24, 2.45) is 11.3 Å². The molecule has 0 aliphatic carbocycles. The van der Waals surface area contributed by atoms with E-state index in [2.05, 4.69) is 58.7 Å². The Hall–Kier alpha value is -0.0800. The molecular weight excluding hydrogens is 208 g/mol. The van der Waals surface area contributed by atoms with Crippen molar-refractivity contribution >= 4 is 0 Å². The van der Waals surface area contributed by atoms with Gasteiger partial charge in [0.25, 0.3) is 0 Å². The van der Waals surface area contributed by atoms with Crippen molar-refractivity contribution < 1.29 is 0 Å². The molecule has 0 aromatic heterocycles. The molecule has 0 aromatic rings. The van der Waals surface area contributed by atoms with E-state index in [1.165, 1.54) is 13.0 Å². The summed E-state index contributed by atoms with van der Waals surface area (Å²) < 4.78 is 0. The smallest absolute Gasteiger partial charge is 0.0247 e.